The van der Waals surface area contributed by atoms with Crippen LogP contribution in [0, 0.1) is 11.8 Å². The molecule has 4 heteroatoms. The molecule has 2 aliphatic rings. The molecule has 2 atom stereocenters. The first-order valence-corrected chi connectivity index (χ1v) is 8.04. The second-order valence-corrected chi connectivity index (χ2v) is 6.00. The molecule has 0 radical (unpaired) electrons. The van der Waals surface area contributed by atoms with Crippen LogP contribution in [0.25, 0.3) is 5.57 Å². The van der Waals surface area contributed by atoms with Gasteiger partial charge in [-0.15, -0.1) is 0 Å². The van der Waals surface area contributed by atoms with E-state index >= 15 is 0 Å². The Balaban J connectivity index is 1.56. The van der Waals surface area contributed by atoms with Crippen LogP contribution in [0.15, 0.2) is 77.7 Å². The van der Waals surface area contributed by atoms with Crippen molar-refractivity contribution in [3.63, 3.8) is 0 Å². The maximum absolute atomic E-state index is 12.0. The van der Waals surface area contributed by atoms with Crippen LogP contribution < -0.4 is 5.43 Å². The van der Waals surface area contributed by atoms with Crippen molar-refractivity contribution >= 4 is 17.7 Å². The number of hydrogen-bond donors (Lipinski definition) is 1. The zero-order valence-corrected chi connectivity index (χ0v) is 13.1. The van der Waals surface area contributed by atoms with Crippen molar-refractivity contribution in [2.24, 2.45) is 16.9 Å². The molecule has 2 aliphatic carbocycles. The van der Waals surface area contributed by atoms with Gasteiger partial charge in [0.2, 0.25) is 0 Å². The van der Waals surface area contributed by atoms with E-state index in [1.165, 1.54) is 16.7 Å². The van der Waals surface area contributed by atoms with Crippen molar-refractivity contribution < 1.29 is 4.79 Å². The molecule has 1 aromatic carbocycles. The molecule has 0 aliphatic heterocycles. The summed E-state index contributed by atoms with van der Waals surface area (Å²) in [6.07, 6.45) is 10.6. The Morgan fingerprint density at radius 1 is 1.08 bits per heavy atom. The van der Waals surface area contributed by atoms with E-state index in [4.69, 9.17) is 0 Å². The Bertz CT molecular complexity index is 838. The first-order valence-electron chi connectivity index (χ1n) is 8.04. The highest BCUT2D eigenvalue weighted by Gasteiger charge is 2.34. The number of fused-ring (bicyclic) bond motifs is 2. The summed E-state index contributed by atoms with van der Waals surface area (Å²) in [4.78, 5) is 16.0. The third-order valence-electron chi connectivity index (χ3n) is 4.56. The molecule has 0 saturated carbocycles. The largest absolute Gasteiger partial charge is 0.271 e. The second-order valence-electron chi connectivity index (χ2n) is 6.00. The molecule has 1 heterocycles. The van der Waals surface area contributed by atoms with Gasteiger partial charge in [-0.3, -0.25) is 9.78 Å². The minimum absolute atomic E-state index is 0.228. The second kappa shape index (κ2) is 6.24. The molecular formula is C20H17N3O. The summed E-state index contributed by atoms with van der Waals surface area (Å²) in [5.41, 5.74) is 6.90. The molecule has 1 amide bonds. The Morgan fingerprint density at radius 3 is 2.62 bits per heavy atom. The lowest BCUT2D eigenvalue weighted by Crippen LogP contribution is -2.18. The topological polar surface area (TPSA) is 54.4 Å². The number of pyridine rings is 1. The Labute approximate surface area is 140 Å². The third-order valence-corrected chi connectivity index (χ3v) is 4.56. The number of hydrogen-bond acceptors (Lipinski definition) is 3. The van der Waals surface area contributed by atoms with E-state index < -0.39 is 0 Å². The van der Waals surface area contributed by atoms with Crippen LogP contribution in [-0.4, -0.2) is 17.1 Å². The fourth-order valence-corrected chi connectivity index (χ4v) is 3.45. The summed E-state index contributed by atoms with van der Waals surface area (Å²) in [5.74, 6) is 0.621. The summed E-state index contributed by atoms with van der Waals surface area (Å²) in [6.45, 7) is 0. The van der Waals surface area contributed by atoms with E-state index in [0.717, 1.165) is 6.42 Å². The fraction of sp³-hybridized carbons (Fsp3) is 0.150. The van der Waals surface area contributed by atoms with Gasteiger partial charge in [0, 0.05) is 29.8 Å². The Morgan fingerprint density at radius 2 is 1.83 bits per heavy atom. The first kappa shape index (κ1) is 14.6. The Hall–Kier alpha value is -3.01. The van der Waals surface area contributed by atoms with Gasteiger partial charge in [-0.25, -0.2) is 5.43 Å². The average Bonchev–Trinajstić information content (AvgIpc) is 3.24. The van der Waals surface area contributed by atoms with Crippen LogP contribution in [0.1, 0.15) is 22.3 Å². The lowest BCUT2D eigenvalue weighted by Gasteiger charge is -2.13. The van der Waals surface area contributed by atoms with E-state index in [1.54, 1.807) is 30.7 Å². The summed E-state index contributed by atoms with van der Waals surface area (Å²) in [5, 5.41) is 4.19. The number of amides is 1. The van der Waals surface area contributed by atoms with Gasteiger partial charge < -0.3 is 0 Å². The molecule has 118 valence electrons. The molecule has 4 rings (SSSR count). The van der Waals surface area contributed by atoms with Gasteiger partial charge in [-0.1, -0.05) is 42.5 Å². The number of allylic oxidation sites excluding steroid dienone is 4. The normalized spacial score (nSPS) is 21.7. The number of rotatable bonds is 4. The lowest BCUT2D eigenvalue weighted by molar-refractivity contribution is 0.0955. The highest BCUT2D eigenvalue weighted by molar-refractivity contribution is 5.98. The number of aromatic nitrogens is 1. The predicted molar refractivity (Wildman–Crippen MR) is 94.3 cm³/mol. The van der Waals surface area contributed by atoms with E-state index in [0.29, 0.717) is 17.4 Å². The lowest BCUT2D eigenvalue weighted by atomic mass is 9.92. The van der Waals surface area contributed by atoms with Gasteiger partial charge in [0.05, 0.1) is 6.21 Å². The van der Waals surface area contributed by atoms with E-state index in [-0.39, 0.29) is 5.91 Å². The monoisotopic (exact) mass is 315 g/mol. The zero-order valence-electron chi connectivity index (χ0n) is 13.1. The van der Waals surface area contributed by atoms with Crippen LogP contribution in [0.4, 0.5) is 0 Å². The van der Waals surface area contributed by atoms with Crippen molar-refractivity contribution in [3.05, 3.63) is 83.7 Å². The van der Waals surface area contributed by atoms with Crippen molar-refractivity contribution in [3.8, 4) is 0 Å². The van der Waals surface area contributed by atoms with Crippen LogP contribution >= 0.6 is 0 Å². The minimum Gasteiger partial charge on any atom is -0.267 e. The summed E-state index contributed by atoms with van der Waals surface area (Å²) >= 11 is 0. The molecule has 2 bridgehead atoms. The summed E-state index contributed by atoms with van der Waals surface area (Å²) in [6, 6.07) is 13.7. The number of hydrazone groups is 1. The SMILES string of the molecule is O=C(N/N=C\C1=C(c2ccccc2)[C@@H]2C=C[C@H]1C2)c1ccncc1. The van der Waals surface area contributed by atoms with E-state index in [2.05, 4.69) is 51.9 Å². The molecule has 2 aromatic rings. The fourth-order valence-electron chi connectivity index (χ4n) is 3.45. The van der Waals surface area contributed by atoms with Crippen LogP contribution in [-0.2, 0) is 0 Å². The minimum atomic E-state index is -0.228. The van der Waals surface area contributed by atoms with Gasteiger partial charge in [0.1, 0.15) is 0 Å². The molecule has 1 N–H and O–H groups in total. The standard InChI is InChI=1S/C20H17N3O/c24-20(15-8-10-21-11-9-15)23-22-13-18-16-6-7-17(12-16)19(18)14-4-2-1-3-5-14/h1-11,13,16-17H,12H2,(H,23,24)/b22-13-/t16-,17+/m0/s1. The number of carbonyl (C=O) groups is 1. The smallest absolute Gasteiger partial charge is 0.267 e. The average molecular weight is 315 g/mol. The van der Waals surface area contributed by atoms with Gasteiger partial charge in [0.15, 0.2) is 0 Å². The van der Waals surface area contributed by atoms with Gasteiger partial charge in [-0.05, 0) is 35.3 Å². The Kier molecular flexibility index (Phi) is 3.79. The molecule has 0 saturated heterocycles. The van der Waals surface area contributed by atoms with E-state index in [1.807, 2.05) is 6.07 Å². The number of nitrogens with zero attached hydrogens (tertiary/aromatic N) is 2. The van der Waals surface area contributed by atoms with Crippen LogP contribution in [0.5, 0.6) is 0 Å². The third kappa shape index (κ3) is 2.67. The first-order chi connectivity index (χ1) is 11.8. The zero-order chi connectivity index (χ0) is 16.4. The van der Waals surface area contributed by atoms with Gasteiger partial charge >= 0.3 is 0 Å². The summed E-state index contributed by atoms with van der Waals surface area (Å²) < 4.78 is 0. The summed E-state index contributed by atoms with van der Waals surface area (Å²) in [7, 11) is 0. The molecule has 4 nitrogen and oxygen atoms in total. The molecule has 0 fully saturated rings. The van der Waals surface area contributed by atoms with Crippen LogP contribution in [0.2, 0.25) is 0 Å². The van der Waals surface area contributed by atoms with Crippen molar-refractivity contribution in [1.82, 2.24) is 10.4 Å². The number of benzene rings is 1. The van der Waals surface area contributed by atoms with Crippen LogP contribution in [0.3, 0.4) is 0 Å². The van der Waals surface area contributed by atoms with Crippen molar-refractivity contribution in [2.45, 2.75) is 6.42 Å². The van der Waals surface area contributed by atoms with Crippen molar-refractivity contribution in [1.29, 1.82) is 0 Å². The maximum Gasteiger partial charge on any atom is 0.271 e. The molecule has 1 aromatic heterocycles. The van der Waals surface area contributed by atoms with Gasteiger partial charge in [0.25, 0.3) is 5.91 Å². The molecule has 0 spiro atoms. The highest BCUT2D eigenvalue weighted by atomic mass is 16.2. The highest BCUT2D eigenvalue weighted by Crippen LogP contribution is 2.47. The van der Waals surface area contributed by atoms with Crippen molar-refractivity contribution in [2.75, 3.05) is 0 Å². The quantitative estimate of drug-likeness (QED) is 0.534. The predicted octanol–water partition coefficient (Wildman–Crippen LogP) is 3.46. The number of carbonyl (C=O) groups excluding carboxylic acids is 1. The molecule has 24 heavy (non-hydrogen) atoms. The van der Waals surface area contributed by atoms with E-state index in [9.17, 15) is 4.79 Å². The molecule has 0 unspecified atom stereocenters. The maximum atomic E-state index is 12.0. The number of nitrogens with one attached hydrogen (secondary N) is 1. The molecular weight excluding hydrogens is 298 g/mol. The van der Waals surface area contributed by atoms with Gasteiger partial charge in [-0.2, -0.15) is 5.10 Å².